The van der Waals surface area contributed by atoms with Crippen molar-refractivity contribution >= 4 is 61.7 Å². The van der Waals surface area contributed by atoms with Gasteiger partial charge in [0.05, 0.1) is 11.8 Å². The summed E-state index contributed by atoms with van der Waals surface area (Å²) in [4.78, 5) is 75.6. The van der Waals surface area contributed by atoms with Crippen LogP contribution in [0.4, 0.5) is 4.79 Å². The lowest BCUT2D eigenvalue weighted by molar-refractivity contribution is -0.141. The van der Waals surface area contributed by atoms with Gasteiger partial charge in [0.25, 0.3) is 5.91 Å². The van der Waals surface area contributed by atoms with E-state index in [1.165, 1.54) is 11.0 Å². The quantitative estimate of drug-likeness (QED) is 0.121. The van der Waals surface area contributed by atoms with E-state index in [4.69, 9.17) is 9.47 Å². The first-order chi connectivity index (χ1) is 27.4. The fourth-order valence-electron chi connectivity index (χ4n) is 7.24. The zero-order valence-electron chi connectivity index (χ0n) is 33.4. The van der Waals surface area contributed by atoms with Gasteiger partial charge in [-0.1, -0.05) is 29.8 Å². The summed E-state index contributed by atoms with van der Waals surface area (Å²) >= 11 is 1.59. The SMILES string of the molecule is C=CC[C@@H]1C[C@]1(NC(=O)[C@@H]1C[C@@H](Oc2nccc3ccc(-c4cccs4)cc23)CN1C(=O)[C@H](CCC(=O)C=C(C)C)NC(=O)OC(C)(C)C)C(=O)NS(=O)(=O)C1CC1. The van der Waals surface area contributed by atoms with Crippen LogP contribution < -0.4 is 20.1 Å². The molecule has 310 valence electrons. The van der Waals surface area contributed by atoms with Gasteiger partial charge in [0, 0.05) is 29.3 Å². The van der Waals surface area contributed by atoms with Crippen LogP contribution in [0.15, 0.2) is 72.3 Å². The molecule has 14 nitrogen and oxygen atoms in total. The first kappa shape index (κ1) is 42.5. The molecule has 3 fully saturated rings. The topological polar surface area (TPSA) is 190 Å². The lowest BCUT2D eigenvalue weighted by Crippen LogP contribution is -2.58. The number of ketones is 1. The standard InChI is InChI=1S/C42H51N5O9S2/c1-7-9-28-23-42(28,39(51)46-58(53,54)31-14-15-31)45-36(49)34-22-30(55-37-32-21-27(35-10-8-19-57-35)12-11-26(32)17-18-43-37)24-47(34)38(50)33(16-13-29(48)20-25(2)3)44-40(52)56-41(4,5)6/h7-8,10-12,17-21,28,30-31,33-34H,1,9,13-16,22-24H2,2-6H3,(H,44,52)(H,45,49)(H,46,51)/t28-,30-,33+,34+,42-/m1/s1. The molecule has 3 aromatic rings. The molecule has 58 heavy (non-hydrogen) atoms. The Kier molecular flexibility index (Phi) is 12.5. The van der Waals surface area contributed by atoms with E-state index in [1.54, 1.807) is 58.2 Å². The van der Waals surface area contributed by atoms with Crippen LogP contribution in [0.2, 0.25) is 0 Å². The third-order valence-electron chi connectivity index (χ3n) is 10.3. The zero-order chi connectivity index (χ0) is 42.0. The number of likely N-dealkylation sites (tertiary alicyclic amines) is 1. The largest absolute Gasteiger partial charge is 0.472 e. The van der Waals surface area contributed by atoms with E-state index in [0.29, 0.717) is 25.1 Å². The highest BCUT2D eigenvalue weighted by molar-refractivity contribution is 7.91. The number of carbonyl (C=O) groups is 5. The van der Waals surface area contributed by atoms with Crippen molar-refractivity contribution in [1.29, 1.82) is 0 Å². The zero-order valence-corrected chi connectivity index (χ0v) is 35.0. The Hall–Kier alpha value is -5.09. The number of benzene rings is 1. The Bertz CT molecular complexity index is 2230. The highest BCUT2D eigenvalue weighted by atomic mass is 32.2. The summed E-state index contributed by atoms with van der Waals surface area (Å²) in [6.45, 7) is 12.2. The van der Waals surface area contributed by atoms with Gasteiger partial charge in [0.1, 0.15) is 29.3 Å². The van der Waals surface area contributed by atoms with E-state index in [-0.39, 0.29) is 38.0 Å². The maximum absolute atomic E-state index is 14.6. The molecule has 3 N–H and O–H groups in total. The summed E-state index contributed by atoms with van der Waals surface area (Å²) in [5.74, 6) is -2.60. The minimum atomic E-state index is -3.93. The molecule has 5 atom stereocenters. The third kappa shape index (κ3) is 10.1. The number of hydrogen-bond acceptors (Lipinski definition) is 11. The van der Waals surface area contributed by atoms with Crippen LogP contribution in [0.25, 0.3) is 21.2 Å². The van der Waals surface area contributed by atoms with Crippen LogP contribution in [0.5, 0.6) is 5.88 Å². The summed E-state index contributed by atoms with van der Waals surface area (Å²) in [6, 6.07) is 9.27. The van der Waals surface area contributed by atoms with Crippen LogP contribution in [-0.2, 0) is 33.9 Å². The van der Waals surface area contributed by atoms with Gasteiger partial charge in [-0.05, 0) is 113 Å². The molecule has 2 aromatic heterocycles. The van der Waals surface area contributed by atoms with Gasteiger partial charge in [0.15, 0.2) is 5.78 Å². The van der Waals surface area contributed by atoms with Crippen molar-refractivity contribution in [3.05, 3.63) is 72.3 Å². The molecule has 0 radical (unpaired) electrons. The number of ether oxygens (including phenoxy) is 2. The fourth-order valence-corrected chi connectivity index (χ4v) is 9.33. The maximum atomic E-state index is 14.6. The number of thiophene rings is 1. The Morgan fingerprint density at radius 3 is 2.53 bits per heavy atom. The molecule has 1 aliphatic heterocycles. The van der Waals surface area contributed by atoms with Crippen molar-refractivity contribution in [1.82, 2.24) is 25.2 Å². The van der Waals surface area contributed by atoms with Crippen LogP contribution in [0, 0.1) is 5.92 Å². The molecule has 2 saturated carbocycles. The molecule has 0 bridgehead atoms. The lowest BCUT2D eigenvalue weighted by Gasteiger charge is -2.30. The normalized spacial score (nSPS) is 22.0. The average molecular weight is 834 g/mol. The first-order valence-electron chi connectivity index (χ1n) is 19.4. The van der Waals surface area contributed by atoms with Crippen LogP contribution in [0.1, 0.15) is 79.6 Å². The number of hydrogen-bond donors (Lipinski definition) is 3. The minimum Gasteiger partial charge on any atom is -0.472 e. The van der Waals surface area contributed by atoms with Gasteiger partial charge in [0.2, 0.25) is 27.7 Å². The maximum Gasteiger partial charge on any atom is 0.408 e. The Morgan fingerprint density at radius 1 is 1.12 bits per heavy atom. The van der Waals surface area contributed by atoms with E-state index >= 15 is 0 Å². The van der Waals surface area contributed by atoms with Crippen molar-refractivity contribution in [2.24, 2.45) is 5.92 Å². The van der Waals surface area contributed by atoms with Crippen LogP contribution in [0.3, 0.4) is 0 Å². The van der Waals surface area contributed by atoms with Crippen molar-refractivity contribution in [2.45, 2.75) is 114 Å². The average Bonchev–Trinajstić information content (AvgIpc) is 4.00. The van der Waals surface area contributed by atoms with Crippen LogP contribution >= 0.6 is 11.3 Å². The molecule has 3 aliphatic rings. The predicted molar refractivity (Wildman–Crippen MR) is 220 cm³/mol. The fraction of sp³-hybridized carbons (Fsp3) is 0.476. The number of alkyl carbamates (subject to hydrolysis) is 1. The molecule has 1 saturated heterocycles. The van der Waals surface area contributed by atoms with Crippen molar-refractivity contribution < 1.29 is 41.9 Å². The molecule has 16 heteroatoms. The van der Waals surface area contributed by atoms with Gasteiger partial charge in [-0.15, -0.1) is 17.9 Å². The van der Waals surface area contributed by atoms with Gasteiger partial charge >= 0.3 is 6.09 Å². The molecule has 0 spiro atoms. The molecule has 3 heterocycles. The van der Waals surface area contributed by atoms with Gasteiger partial charge in [-0.3, -0.25) is 23.9 Å². The third-order valence-corrected chi connectivity index (χ3v) is 13.0. The monoisotopic (exact) mass is 833 g/mol. The Balaban J connectivity index is 1.31. The molecule has 1 aromatic carbocycles. The van der Waals surface area contributed by atoms with Crippen molar-refractivity contribution in [2.75, 3.05) is 6.54 Å². The second kappa shape index (κ2) is 17.0. The highest BCUT2D eigenvalue weighted by Crippen LogP contribution is 2.47. The van der Waals surface area contributed by atoms with E-state index in [2.05, 4.69) is 26.9 Å². The summed E-state index contributed by atoms with van der Waals surface area (Å²) in [5, 5.41) is 8.36. The Morgan fingerprint density at radius 2 is 1.88 bits per heavy atom. The van der Waals surface area contributed by atoms with Crippen molar-refractivity contribution in [3.8, 4) is 16.3 Å². The number of pyridine rings is 1. The van der Waals surface area contributed by atoms with E-state index in [0.717, 1.165) is 26.8 Å². The Labute approximate surface area is 342 Å². The molecule has 0 unspecified atom stereocenters. The summed E-state index contributed by atoms with van der Waals surface area (Å²) < 4.78 is 39.8. The minimum absolute atomic E-state index is 0.0275. The molecule has 4 amide bonds. The predicted octanol–water partition coefficient (Wildman–Crippen LogP) is 5.58. The summed E-state index contributed by atoms with van der Waals surface area (Å²) in [5.41, 5.74) is -0.716. The molecular weight excluding hydrogens is 783 g/mol. The smallest absolute Gasteiger partial charge is 0.408 e. The molecule has 6 rings (SSSR count). The number of rotatable bonds is 16. The number of fused-ring (bicyclic) bond motifs is 1. The number of carbonyl (C=O) groups excluding carboxylic acids is 5. The van der Waals surface area contributed by atoms with Crippen LogP contribution in [-0.4, -0.2) is 89.0 Å². The molecule has 2 aliphatic carbocycles. The van der Waals surface area contributed by atoms with E-state index < -0.39 is 74.3 Å². The van der Waals surface area contributed by atoms with E-state index in [9.17, 15) is 32.4 Å². The number of sulfonamides is 1. The number of allylic oxidation sites excluding steroid dienone is 3. The second-order valence-corrected chi connectivity index (χ2v) is 19.4. The number of amides is 4. The summed E-state index contributed by atoms with van der Waals surface area (Å²) in [7, 11) is -3.93. The number of nitrogens with zero attached hydrogens (tertiary/aromatic N) is 2. The van der Waals surface area contributed by atoms with Gasteiger partial charge in [-0.25, -0.2) is 18.2 Å². The van der Waals surface area contributed by atoms with E-state index in [1.807, 2.05) is 41.8 Å². The summed E-state index contributed by atoms with van der Waals surface area (Å²) in [6.07, 6.45) is 4.17. The second-order valence-electron chi connectivity index (χ2n) is 16.5. The van der Waals surface area contributed by atoms with Gasteiger partial charge < -0.3 is 25.0 Å². The lowest BCUT2D eigenvalue weighted by atomic mass is 10.0. The highest BCUT2D eigenvalue weighted by Gasteiger charge is 2.62. The molecular formula is C42H51N5O9S2. The van der Waals surface area contributed by atoms with Gasteiger partial charge in [-0.2, -0.15) is 0 Å². The number of nitrogens with one attached hydrogen (secondary N) is 3. The first-order valence-corrected chi connectivity index (χ1v) is 21.9. The van der Waals surface area contributed by atoms with Crippen molar-refractivity contribution in [3.63, 3.8) is 0 Å². The number of aromatic nitrogens is 1.